The maximum Gasteiger partial charge on any atom is 0.313 e. The van der Waals surface area contributed by atoms with Crippen LogP contribution < -0.4 is 4.90 Å². The van der Waals surface area contributed by atoms with Gasteiger partial charge in [-0.25, -0.2) is 4.98 Å². The van der Waals surface area contributed by atoms with Gasteiger partial charge in [0.2, 0.25) is 0 Å². The Labute approximate surface area is 126 Å². The Bertz CT molecular complexity index is 669. The number of carbonyl (C=O) groups excluding carboxylic acids is 2. The maximum atomic E-state index is 12.5. The number of amides is 1. The lowest BCUT2D eigenvalue weighted by Gasteiger charge is -2.32. The summed E-state index contributed by atoms with van der Waals surface area (Å²) in [6.45, 7) is 0.479. The number of thiazole rings is 1. The van der Waals surface area contributed by atoms with Gasteiger partial charge in [0.1, 0.15) is 5.69 Å². The normalized spacial score (nSPS) is 17.2. The van der Waals surface area contributed by atoms with E-state index in [1.54, 1.807) is 15.8 Å². The van der Waals surface area contributed by atoms with Crippen molar-refractivity contribution in [2.75, 3.05) is 18.6 Å². The smallest absolute Gasteiger partial charge is 0.313 e. The molecule has 0 saturated carbocycles. The van der Waals surface area contributed by atoms with Crippen LogP contribution >= 0.6 is 11.3 Å². The molecule has 1 amide bonds. The van der Waals surface area contributed by atoms with Crippen LogP contribution in [-0.2, 0) is 9.53 Å². The third-order valence-electron chi connectivity index (χ3n) is 3.63. The van der Waals surface area contributed by atoms with Crippen molar-refractivity contribution in [1.29, 1.82) is 0 Å². The van der Waals surface area contributed by atoms with E-state index in [-0.39, 0.29) is 17.8 Å². The van der Waals surface area contributed by atoms with E-state index in [0.29, 0.717) is 18.7 Å². The average molecular weight is 302 g/mol. The Kier molecular flexibility index (Phi) is 3.70. The molecule has 0 N–H and O–H groups in total. The second-order valence-electron chi connectivity index (χ2n) is 4.75. The Balaban J connectivity index is 1.98. The lowest BCUT2D eigenvalue weighted by molar-refractivity contribution is -0.142. The molecular formula is C15H14N2O3S. The molecule has 2 heterocycles. The summed E-state index contributed by atoms with van der Waals surface area (Å²) in [5.41, 5.74) is 3.67. The predicted molar refractivity (Wildman–Crippen MR) is 79.6 cm³/mol. The Morgan fingerprint density at radius 2 is 2.19 bits per heavy atom. The van der Waals surface area contributed by atoms with Crippen molar-refractivity contribution in [2.45, 2.75) is 12.3 Å². The van der Waals surface area contributed by atoms with Crippen molar-refractivity contribution in [3.05, 3.63) is 46.4 Å². The first kappa shape index (κ1) is 13.8. The van der Waals surface area contributed by atoms with Crippen molar-refractivity contribution in [3.63, 3.8) is 0 Å². The molecule has 3 rings (SSSR count). The molecule has 6 heteroatoms. The molecule has 0 spiro atoms. The number of hydrogen-bond acceptors (Lipinski definition) is 5. The van der Waals surface area contributed by atoms with Gasteiger partial charge in [-0.3, -0.25) is 9.59 Å². The van der Waals surface area contributed by atoms with Crippen LogP contribution in [0.1, 0.15) is 28.4 Å². The Morgan fingerprint density at radius 3 is 2.90 bits per heavy atom. The zero-order valence-electron chi connectivity index (χ0n) is 11.5. The van der Waals surface area contributed by atoms with E-state index in [1.165, 1.54) is 18.4 Å². The average Bonchev–Trinajstić information content (AvgIpc) is 3.07. The van der Waals surface area contributed by atoms with E-state index >= 15 is 0 Å². The van der Waals surface area contributed by atoms with Crippen LogP contribution in [0.25, 0.3) is 0 Å². The first-order chi connectivity index (χ1) is 10.2. The van der Waals surface area contributed by atoms with Gasteiger partial charge in [0.05, 0.1) is 18.5 Å². The monoisotopic (exact) mass is 302 g/mol. The molecule has 0 radical (unpaired) electrons. The minimum Gasteiger partial charge on any atom is -0.469 e. The summed E-state index contributed by atoms with van der Waals surface area (Å²) in [6.07, 6.45) is 0.555. The zero-order chi connectivity index (χ0) is 14.8. The molecular weight excluding hydrogens is 288 g/mol. The second kappa shape index (κ2) is 5.65. The minimum atomic E-state index is -0.314. The van der Waals surface area contributed by atoms with Crippen LogP contribution in [0.4, 0.5) is 5.69 Å². The molecule has 1 atom stereocenters. The molecule has 2 aromatic rings. The molecule has 1 unspecified atom stereocenters. The zero-order valence-corrected chi connectivity index (χ0v) is 12.3. The van der Waals surface area contributed by atoms with Gasteiger partial charge in [0, 0.05) is 17.6 Å². The molecule has 0 fully saturated rings. The second-order valence-corrected chi connectivity index (χ2v) is 5.47. The molecule has 0 saturated heterocycles. The third-order valence-corrected chi connectivity index (χ3v) is 4.21. The predicted octanol–water partition coefficient (Wildman–Crippen LogP) is 2.45. The van der Waals surface area contributed by atoms with E-state index < -0.39 is 0 Å². The van der Waals surface area contributed by atoms with Gasteiger partial charge in [-0.2, -0.15) is 0 Å². The van der Waals surface area contributed by atoms with E-state index in [9.17, 15) is 9.59 Å². The number of esters is 1. The molecule has 1 aliphatic rings. The van der Waals surface area contributed by atoms with Gasteiger partial charge in [-0.15, -0.1) is 11.3 Å². The molecule has 0 aliphatic carbocycles. The highest BCUT2D eigenvalue weighted by molar-refractivity contribution is 7.07. The number of benzene rings is 1. The first-order valence-electron chi connectivity index (χ1n) is 6.59. The summed E-state index contributed by atoms with van der Waals surface area (Å²) in [5.74, 6) is -0.707. The van der Waals surface area contributed by atoms with Crippen LogP contribution in [0.15, 0.2) is 35.2 Å². The number of fused-ring (bicyclic) bond motifs is 1. The summed E-state index contributed by atoms with van der Waals surface area (Å²) < 4.78 is 4.86. The number of para-hydroxylation sites is 1. The molecule has 1 aliphatic heterocycles. The van der Waals surface area contributed by atoms with Crippen molar-refractivity contribution >= 4 is 28.9 Å². The standard InChI is InChI=1S/C15H14N2O3S/c1-20-15(19)11-6-7-17(13-5-3-2-4-10(11)13)14(18)12-8-21-9-16-12/h2-5,8-9,11H,6-7H2,1H3. The molecule has 0 bridgehead atoms. The van der Waals surface area contributed by atoms with Crippen molar-refractivity contribution < 1.29 is 14.3 Å². The summed E-state index contributed by atoms with van der Waals surface area (Å²) in [5, 5.41) is 1.73. The topological polar surface area (TPSA) is 59.5 Å². The van der Waals surface area contributed by atoms with Crippen molar-refractivity contribution in [1.82, 2.24) is 4.98 Å². The van der Waals surface area contributed by atoms with Gasteiger partial charge in [0.15, 0.2) is 0 Å². The van der Waals surface area contributed by atoms with Crippen molar-refractivity contribution in [2.24, 2.45) is 0 Å². The number of anilines is 1. The van der Waals surface area contributed by atoms with Crippen LogP contribution in [0.3, 0.4) is 0 Å². The van der Waals surface area contributed by atoms with Gasteiger partial charge in [-0.05, 0) is 18.1 Å². The first-order valence-corrected chi connectivity index (χ1v) is 7.53. The highest BCUT2D eigenvalue weighted by atomic mass is 32.1. The van der Waals surface area contributed by atoms with Gasteiger partial charge in [-0.1, -0.05) is 18.2 Å². The molecule has 5 nitrogen and oxygen atoms in total. The lowest BCUT2D eigenvalue weighted by Crippen LogP contribution is -2.38. The largest absolute Gasteiger partial charge is 0.469 e. The number of aromatic nitrogens is 1. The number of hydrogen-bond donors (Lipinski definition) is 0. The van der Waals surface area contributed by atoms with Crippen LogP contribution in [-0.4, -0.2) is 30.5 Å². The summed E-state index contributed by atoms with van der Waals surface area (Å²) >= 11 is 1.39. The highest BCUT2D eigenvalue weighted by Crippen LogP contribution is 2.36. The van der Waals surface area contributed by atoms with E-state index in [1.807, 2.05) is 24.3 Å². The summed E-state index contributed by atoms with van der Waals surface area (Å²) in [4.78, 5) is 30.2. The van der Waals surface area contributed by atoms with Gasteiger partial charge >= 0.3 is 5.97 Å². The Morgan fingerprint density at radius 1 is 1.38 bits per heavy atom. The maximum absolute atomic E-state index is 12.5. The van der Waals surface area contributed by atoms with E-state index in [2.05, 4.69) is 4.98 Å². The lowest BCUT2D eigenvalue weighted by atomic mass is 9.90. The van der Waals surface area contributed by atoms with Crippen molar-refractivity contribution in [3.8, 4) is 0 Å². The van der Waals surface area contributed by atoms with Gasteiger partial charge in [0.25, 0.3) is 5.91 Å². The number of rotatable bonds is 2. The third kappa shape index (κ3) is 2.42. The molecule has 1 aromatic carbocycles. The quantitative estimate of drug-likeness (QED) is 0.800. The summed E-state index contributed by atoms with van der Waals surface area (Å²) in [6, 6.07) is 7.46. The fourth-order valence-corrected chi connectivity index (χ4v) is 3.14. The molecule has 21 heavy (non-hydrogen) atoms. The van der Waals surface area contributed by atoms with Crippen LogP contribution in [0.5, 0.6) is 0 Å². The van der Waals surface area contributed by atoms with E-state index in [0.717, 1.165) is 11.3 Å². The molecule has 108 valence electrons. The Hall–Kier alpha value is -2.21. The SMILES string of the molecule is COC(=O)C1CCN(C(=O)c2cscn2)c2ccccc21. The number of methoxy groups -OCH3 is 1. The fraction of sp³-hybridized carbons (Fsp3) is 0.267. The van der Waals surface area contributed by atoms with Crippen LogP contribution in [0, 0.1) is 0 Å². The number of carbonyl (C=O) groups is 2. The fourth-order valence-electron chi connectivity index (χ4n) is 2.62. The minimum absolute atomic E-state index is 0.132. The van der Waals surface area contributed by atoms with Gasteiger partial charge < -0.3 is 9.64 Å². The highest BCUT2D eigenvalue weighted by Gasteiger charge is 2.33. The number of ether oxygens (including phenoxy) is 1. The number of nitrogens with zero attached hydrogens (tertiary/aromatic N) is 2. The molecule has 1 aromatic heterocycles. The summed E-state index contributed by atoms with van der Waals surface area (Å²) in [7, 11) is 1.39. The van der Waals surface area contributed by atoms with Crippen LogP contribution in [0.2, 0.25) is 0 Å². The van der Waals surface area contributed by atoms with E-state index in [4.69, 9.17) is 4.74 Å².